The number of nitriles is 6. The van der Waals surface area contributed by atoms with Gasteiger partial charge in [-0.15, -0.1) is 0 Å². The molecule has 0 aliphatic rings. The molecule has 16 heavy (non-hydrogen) atoms. The van der Waals surface area contributed by atoms with Crippen LogP contribution in [0, 0.1) is 61.4 Å². The summed E-state index contributed by atoms with van der Waals surface area (Å²) in [5.41, 5.74) is 0. The zero-order valence-electron chi connectivity index (χ0n) is 8.44. The first-order valence-electron chi connectivity index (χ1n) is 2.48. The van der Waals surface area contributed by atoms with Crippen molar-refractivity contribution in [1.82, 2.24) is 0 Å². The minimum Gasteiger partial charge on any atom is 1.00 e. The van der Waals surface area contributed by atoms with Crippen LogP contribution in [0.25, 0.3) is 0 Å². The van der Waals surface area contributed by atoms with Crippen LogP contribution < -0.4 is 59.1 Å². The fraction of sp³-hybridized carbons (Fsp3) is 0. The van der Waals surface area contributed by atoms with Gasteiger partial charge < -0.3 is 0 Å². The standard InChI is InChI=1S/6CN.2Mn.2Na/c6*1-2;;;;/q;;;;;;-4;+2;2*+1. The predicted molar refractivity (Wildman–Crippen MR) is 33.7 cm³/mol. The first kappa shape index (κ1) is 25.0. The van der Waals surface area contributed by atoms with E-state index in [1.807, 2.05) is 0 Å². The Kier molecular flexibility index (Phi) is 10.4. The summed E-state index contributed by atoms with van der Waals surface area (Å²) in [6.07, 6.45) is 0. The molecule has 0 spiro atoms. The number of hydrogen-bond acceptors (Lipinski definition) is 6. The molecule has 0 aliphatic heterocycles. The Morgan fingerprint density at radius 3 is 0.625 bits per heavy atom. The normalized spacial score (nSPS) is 10.9. The van der Waals surface area contributed by atoms with Crippen molar-refractivity contribution in [3.63, 3.8) is 0 Å². The van der Waals surface area contributed by atoms with Crippen LogP contribution in [0.2, 0.25) is 0 Å². The van der Waals surface area contributed by atoms with E-state index >= 15 is 0 Å². The van der Waals surface area contributed by atoms with Gasteiger partial charge in [-0.25, -0.2) is 0 Å². The predicted octanol–water partition coefficient (Wildman–Crippen LogP) is -5.90. The van der Waals surface area contributed by atoms with Gasteiger partial charge in [0.15, 0.2) is 0 Å². The third kappa shape index (κ3) is 2.62. The zero-order chi connectivity index (χ0) is 10.7. The van der Waals surface area contributed by atoms with Gasteiger partial charge in [0, 0.05) is 0 Å². The average molecular weight is 312 g/mol. The second-order valence-electron chi connectivity index (χ2n) is 1.92. The molecule has 0 aromatic heterocycles. The summed E-state index contributed by atoms with van der Waals surface area (Å²) in [7, 11) is -6.30. The molecule has 0 saturated heterocycles. The van der Waals surface area contributed by atoms with Crippen LogP contribution >= 0.6 is 0 Å². The van der Waals surface area contributed by atoms with Gasteiger partial charge in [-0.1, -0.05) is 0 Å². The molecule has 10 heteroatoms. The van der Waals surface area contributed by atoms with Crippen LogP contribution in [0.4, 0.5) is 0 Å². The molecule has 0 fully saturated rings. The van der Waals surface area contributed by atoms with E-state index < -0.39 is 10.7 Å². The smallest absolute Gasteiger partial charge is 1.00 e. The average Bonchev–Trinajstić information content (AvgIpc) is 2.26. The maximum absolute atomic E-state index is 8.58. The Balaban J connectivity index is -0.000000240. The van der Waals surface area contributed by atoms with Gasteiger partial charge in [0.25, 0.3) is 0 Å². The van der Waals surface area contributed by atoms with Gasteiger partial charge in [0.05, 0.1) is 0 Å². The van der Waals surface area contributed by atoms with Crippen molar-refractivity contribution in [1.29, 1.82) is 31.6 Å². The Hall–Kier alpha value is -0.0210. The molecule has 0 saturated carbocycles. The number of rotatable bonds is 0. The first-order chi connectivity index (χ1) is 5.97. The summed E-state index contributed by atoms with van der Waals surface area (Å²) in [5.74, 6) is 0. The topological polar surface area (TPSA) is 143 Å². The monoisotopic (exact) mass is 312 g/mol. The SMILES string of the molecule is N#[C][Mn-4]([C]#N)([C]#N)([C]#N)([C]#N)[C]#N.[Mn+2].[Na+].[Na+]. The molecule has 0 aromatic carbocycles. The summed E-state index contributed by atoms with van der Waals surface area (Å²) < 4.78 is 0. The van der Waals surface area contributed by atoms with Crippen molar-refractivity contribution in [2.75, 3.05) is 0 Å². The maximum Gasteiger partial charge on any atom is 2.00 e. The summed E-state index contributed by atoms with van der Waals surface area (Å²) in [6, 6.07) is 0. The van der Waals surface area contributed by atoms with E-state index in [9.17, 15) is 0 Å². The van der Waals surface area contributed by atoms with Crippen molar-refractivity contribution in [2.24, 2.45) is 0 Å². The van der Waals surface area contributed by atoms with Gasteiger partial charge in [0.1, 0.15) is 0 Å². The summed E-state index contributed by atoms with van der Waals surface area (Å²) >= 11 is 0. The molecule has 0 heterocycles. The van der Waals surface area contributed by atoms with Gasteiger partial charge in [-0.2, -0.15) is 0 Å². The molecule has 0 aliphatic carbocycles. The molecular formula is C6Mn2N6Na2. The molecule has 0 unspecified atom stereocenters. The number of nitrogens with zero attached hydrogens (tertiary/aromatic N) is 6. The van der Waals surface area contributed by atoms with Crippen LogP contribution in [-0.2, 0) is 27.8 Å². The van der Waals surface area contributed by atoms with E-state index in [2.05, 4.69) is 0 Å². The minimum absolute atomic E-state index is 0. The largest absolute Gasteiger partial charge is 2.00 e. The molecule has 6 nitrogen and oxygen atoms in total. The molecule has 0 atom stereocenters. The maximum atomic E-state index is 8.58. The van der Waals surface area contributed by atoms with E-state index in [0.717, 1.165) is 29.8 Å². The summed E-state index contributed by atoms with van der Waals surface area (Å²) in [4.78, 5) is 6.25. The van der Waals surface area contributed by atoms with Crippen LogP contribution in [0.5, 0.6) is 0 Å². The fourth-order valence-electron chi connectivity index (χ4n) is 0.283. The van der Waals surface area contributed by atoms with E-state index in [0.29, 0.717) is 0 Å². The first-order valence-corrected chi connectivity index (χ1v) is 6.02. The van der Waals surface area contributed by atoms with E-state index in [4.69, 9.17) is 31.6 Å². The van der Waals surface area contributed by atoms with E-state index in [1.165, 1.54) is 0 Å². The van der Waals surface area contributed by atoms with Crippen molar-refractivity contribution < 1.29 is 86.9 Å². The molecular weight excluding hydrogens is 312 g/mol. The van der Waals surface area contributed by atoms with Crippen molar-refractivity contribution >= 4 is 0 Å². The number of hydrogen-bond donors (Lipinski definition) is 0. The molecule has 0 rings (SSSR count). The van der Waals surface area contributed by atoms with E-state index in [-0.39, 0.29) is 76.2 Å². The zero-order valence-corrected chi connectivity index (χ0v) is 14.8. The Bertz CT molecular complexity index is 399. The van der Waals surface area contributed by atoms with Crippen molar-refractivity contribution in [3.05, 3.63) is 0 Å². The second-order valence-corrected chi connectivity index (χ2v) is 7.93. The quantitative estimate of drug-likeness (QED) is 0.407. The van der Waals surface area contributed by atoms with Crippen molar-refractivity contribution in [3.8, 4) is 29.8 Å². The van der Waals surface area contributed by atoms with Gasteiger partial charge in [-0.3, -0.25) is 0 Å². The van der Waals surface area contributed by atoms with Crippen molar-refractivity contribution in [2.45, 2.75) is 0 Å². The Labute approximate surface area is 146 Å². The molecule has 0 N–H and O–H groups in total. The summed E-state index contributed by atoms with van der Waals surface area (Å²) in [6.45, 7) is 0. The van der Waals surface area contributed by atoms with Gasteiger partial charge in [-0.05, 0) is 0 Å². The molecule has 1 radical (unpaired) electrons. The molecule has 0 amide bonds. The van der Waals surface area contributed by atoms with Crippen LogP contribution in [0.1, 0.15) is 0 Å². The molecule has 0 aromatic rings. The fourth-order valence-corrected chi connectivity index (χ4v) is 1.17. The molecule has 0 bridgehead atoms. The second kappa shape index (κ2) is 6.65. The van der Waals surface area contributed by atoms with Gasteiger partial charge >= 0.3 is 148 Å². The van der Waals surface area contributed by atoms with Gasteiger partial charge in [0.2, 0.25) is 0 Å². The third-order valence-corrected chi connectivity index (χ3v) is 5.23. The van der Waals surface area contributed by atoms with Crippen LogP contribution in [0.3, 0.4) is 0 Å². The van der Waals surface area contributed by atoms with Crippen LogP contribution in [0.15, 0.2) is 0 Å². The Morgan fingerprint density at radius 2 is 0.625 bits per heavy atom. The molecule has 70 valence electrons. The Morgan fingerprint density at radius 1 is 0.500 bits per heavy atom. The summed E-state index contributed by atoms with van der Waals surface area (Å²) in [5, 5.41) is 51.5. The third-order valence-electron chi connectivity index (χ3n) is 1.27. The minimum atomic E-state index is -6.30. The van der Waals surface area contributed by atoms with Crippen LogP contribution in [-0.4, -0.2) is 0 Å². The van der Waals surface area contributed by atoms with E-state index in [1.54, 1.807) is 0 Å².